The zero-order chi connectivity index (χ0) is 18.9. The molecule has 0 fully saturated rings. The van der Waals surface area contributed by atoms with Crippen molar-refractivity contribution in [3.05, 3.63) is 54.6 Å². The molecule has 0 unspecified atom stereocenters. The van der Waals surface area contributed by atoms with E-state index >= 15 is 0 Å². The first-order chi connectivity index (χ1) is 13.0. The van der Waals surface area contributed by atoms with Gasteiger partial charge in [0.25, 0.3) is 10.0 Å². The molecule has 2 heterocycles. The van der Waals surface area contributed by atoms with Crippen LogP contribution in [0.1, 0.15) is 0 Å². The van der Waals surface area contributed by atoms with Gasteiger partial charge in [0.1, 0.15) is 12.1 Å². The number of tetrazole rings is 2. The van der Waals surface area contributed by atoms with Gasteiger partial charge in [0, 0.05) is 0 Å². The van der Waals surface area contributed by atoms with E-state index in [1.165, 1.54) is 11.0 Å². The van der Waals surface area contributed by atoms with Crippen molar-refractivity contribution in [2.75, 3.05) is 4.72 Å². The number of aromatic amines is 1. The van der Waals surface area contributed by atoms with E-state index in [4.69, 9.17) is 0 Å². The van der Waals surface area contributed by atoms with Crippen molar-refractivity contribution in [1.82, 2.24) is 40.8 Å². The minimum absolute atomic E-state index is 0.0507. The molecule has 2 N–H and O–H groups in total. The number of hydrogen-bond donors (Lipinski definition) is 2. The molecule has 4 rings (SSSR count). The van der Waals surface area contributed by atoms with Gasteiger partial charge in [-0.25, -0.2) is 17.5 Å². The summed E-state index contributed by atoms with van der Waals surface area (Å²) in [6.07, 6.45) is 1.38. The van der Waals surface area contributed by atoms with Crippen molar-refractivity contribution in [3.8, 4) is 17.1 Å². The molecule has 0 saturated carbocycles. The molecule has 136 valence electrons. The van der Waals surface area contributed by atoms with Gasteiger partial charge in [-0.05, 0) is 52.0 Å². The van der Waals surface area contributed by atoms with Gasteiger partial charge in [-0.3, -0.25) is 4.72 Å². The second kappa shape index (κ2) is 6.53. The average molecular weight is 387 g/mol. The zero-order valence-electron chi connectivity index (χ0n) is 13.4. The molecule has 27 heavy (non-hydrogen) atoms. The molecule has 11 nitrogen and oxygen atoms in total. The molecular formula is C14H10FN9O2S. The molecule has 2 aromatic carbocycles. The Hall–Kier alpha value is -3.74. The maximum atomic E-state index is 14.0. The lowest BCUT2D eigenvalue weighted by Crippen LogP contribution is -2.13. The molecule has 0 bridgehead atoms. The first-order valence-electron chi connectivity index (χ1n) is 7.42. The summed E-state index contributed by atoms with van der Waals surface area (Å²) in [7, 11) is -3.99. The van der Waals surface area contributed by atoms with E-state index in [9.17, 15) is 12.8 Å². The number of sulfonamides is 1. The lowest BCUT2D eigenvalue weighted by molar-refractivity contribution is 0.600. The summed E-state index contributed by atoms with van der Waals surface area (Å²) in [5, 5.41) is 23.7. The van der Waals surface area contributed by atoms with Gasteiger partial charge in [0.2, 0.25) is 5.82 Å². The third-order valence-corrected chi connectivity index (χ3v) is 4.93. The summed E-state index contributed by atoms with van der Waals surface area (Å²) in [5.74, 6) is -0.721. The fraction of sp³-hybridized carbons (Fsp3) is 0. The fourth-order valence-corrected chi connectivity index (χ4v) is 3.40. The quantitative estimate of drug-likeness (QED) is 0.511. The molecule has 0 amide bonds. The van der Waals surface area contributed by atoms with Crippen molar-refractivity contribution < 1.29 is 12.8 Å². The van der Waals surface area contributed by atoms with Crippen LogP contribution in [0.4, 0.5) is 10.1 Å². The molecule has 0 aliphatic carbocycles. The summed E-state index contributed by atoms with van der Waals surface area (Å²) in [5.41, 5.74) is 0.759. The van der Waals surface area contributed by atoms with Gasteiger partial charge in [0.05, 0.1) is 21.8 Å². The van der Waals surface area contributed by atoms with Gasteiger partial charge in [-0.2, -0.15) is 5.21 Å². The first kappa shape index (κ1) is 16.7. The predicted octanol–water partition coefficient (Wildman–Crippen LogP) is 0.782. The average Bonchev–Trinajstić information content (AvgIpc) is 3.36. The third-order valence-electron chi connectivity index (χ3n) is 3.55. The van der Waals surface area contributed by atoms with Crippen LogP contribution in [-0.4, -0.2) is 49.2 Å². The number of benzene rings is 2. The highest BCUT2D eigenvalue weighted by molar-refractivity contribution is 7.92. The van der Waals surface area contributed by atoms with Crippen molar-refractivity contribution in [2.45, 2.75) is 4.90 Å². The van der Waals surface area contributed by atoms with Crippen LogP contribution in [0.25, 0.3) is 17.1 Å². The Morgan fingerprint density at radius 1 is 1.15 bits per heavy atom. The maximum absolute atomic E-state index is 14.0. The second-order valence-electron chi connectivity index (χ2n) is 5.29. The van der Waals surface area contributed by atoms with E-state index in [2.05, 4.69) is 40.9 Å². The normalized spacial score (nSPS) is 11.4. The highest BCUT2D eigenvalue weighted by Gasteiger charge is 2.19. The summed E-state index contributed by atoms with van der Waals surface area (Å²) < 4.78 is 43.2. The van der Waals surface area contributed by atoms with E-state index in [1.807, 2.05) is 0 Å². The largest absolute Gasteiger partial charge is 0.280 e. The number of nitrogens with zero attached hydrogens (tertiary/aromatic N) is 7. The predicted molar refractivity (Wildman–Crippen MR) is 89.5 cm³/mol. The number of anilines is 1. The lowest BCUT2D eigenvalue weighted by Gasteiger charge is -2.10. The highest BCUT2D eigenvalue weighted by Crippen LogP contribution is 2.24. The summed E-state index contributed by atoms with van der Waals surface area (Å²) in [6.45, 7) is 0. The Labute approximate surface area is 151 Å². The highest BCUT2D eigenvalue weighted by atomic mass is 32.2. The molecule has 0 aliphatic heterocycles. The molecule has 13 heteroatoms. The van der Waals surface area contributed by atoms with Crippen molar-refractivity contribution in [3.63, 3.8) is 0 Å². The standard InChI is InChI=1S/C14H10FN9O2S/c15-13-5-4-11(7-12(13)14-17-21-22-18-14)27(25,26)19-9-2-1-3-10(6-9)24-8-16-20-23-24/h1-8,19H,(H,17,18,21,22). The number of rotatable bonds is 5. The second-order valence-corrected chi connectivity index (χ2v) is 6.97. The number of hydrogen-bond acceptors (Lipinski definition) is 8. The van der Waals surface area contributed by atoms with Crippen molar-refractivity contribution >= 4 is 15.7 Å². The van der Waals surface area contributed by atoms with Gasteiger partial charge < -0.3 is 0 Å². The van der Waals surface area contributed by atoms with E-state index in [0.717, 1.165) is 18.2 Å². The molecular weight excluding hydrogens is 377 g/mol. The molecule has 0 atom stereocenters. The lowest BCUT2D eigenvalue weighted by atomic mass is 10.2. The van der Waals surface area contributed by atoms with Crippen LogP contribution in [0.3, 0.4) is 0 Å². The smallest absolute Gasteiger partial charge is 0.261 e. The molecule has 2 aromatic heterocycles. The maximum Gasteiger partial charge on any atom is 0.261 e. The molecule has 0 spiro atoms. The van der Waals surface area contributed by atoms with Crippen molar-refractivity contribution in [2.24, 2.45) is 0 Å². The van der Waals surface area contributed by atoms with Gasteiger partial charge >= 0.3 is 0 Å². The molecule has 0 aliphatic rings. The number of nitrogens with one attached hydrogen (secondary N) is 2. The topological polar surface area (TPSA) is 144 Å². The summed E-state index contributed by atoms with van der Waals surface area (Å²) in [4.78, 5) is -0.156. The monoisotopic (exact) mass is 387 g/mol. The summed E-state index contributed by atoms with van der Waals surface area (Å²) in [6, 6.07) is 9.77. The first-order valence-corrected chi connectivity index (χ1v) is 8.91. The molecule has 0 radical (unpaired) electrons. The SMILES string of the molecule is O=S(=O)(Nc1cccc(-n2cnnn2)c1)c1ccc(F)c(-c2nn[nH]n2)c1. The Kier molecular flexibility index (Phi) is 4.04. The third kappa shape index (κ3) is 3.35. The Bertz CT molecular complexity index is 1180. The van der Waals surface area contributed by atoms with Gasteiger partial charge in [0.15, 0.2) is 0 Å². The molecule has 4 aromatic rings. The van der Waals surface area contributed by atoms with Crippen LogP contribution in [-0.2, 0) is 10.0 Å². The van der Waals surface area contributed by atoms with Crippen molar-refractivity contribution in [1.29, 1.82) is 0 Å². The van der Waals surface area contributed by atoms with E-state index in [1.54, 1.807) is 24.3 Å². The van der Waals surface area contributed by atoms with Gasteiger partial charge in [-0.15, -0.1) is 15.3 Å². The molecule has 0 saturated heterocycles. The summed E-state index contributed by atoms with van der Waals surface area (Å²) >= 11 is 0. The fourth-order valence-electron chi connectivity index (χ4n) is 2.32. The number of aromatic nitrogens is 8. The Balaban J connectivity index is 1.67. The van der Waals surface area contributed by atoms with Crippen LogP contribution < -0.4 is 4.72 Å². The van der Waals surface area contributed by atoms with Crippen LogP contribution in [0, 0.1) is 5.82 Å². The van der Waals surface area contributed by atoms with Crippen LogP contribution in [0.2, 0.25) is 0 Å². The number of H-pyrrole nitrogens is 1. The van der Waals surface area contributed by atoms with E-state index in [-0.39, 0.29) is 22.0 Å². The Morgan fingerprint density at radius 2 is 2.04 bits per heavy atom. The van der Waals surface area contributed by atoms with Crippen LogP contribution in [0.15, 0.2) is 53.7 Å². The van der Waals surface area contributed by atoms with E-state index < -0.39 is 15.8 Å². The zero-order valence-corrected chi connectivity index (χ0v) is 14.2. The van der Waals surface area contributed by atoms with E-state index in [0.29, 0.717) is 5.69 Å². The van der Waals surface area contributed by atoms with Crippen LogP contribution >= 0.6 is 0 Å². The minimum atomic E-state index is -3.99. The number of halogens is 1. The minimum Gasteiger partial charge on any atom is -0.280 e. The van der Waals surface area contributed by atoms with Crippen LogP contribution in [0.5, 0.6) is 0 Å². The van der Waals surface area contributed by atoms with Gasteiger partial charge in [-0.1, -0.05) is 6.07 Å². The Morgan fingerprint density at radius 3 is 2.78 bits per heavy atom.